The molecule has 2 aromatic rings. The second kappa shape index (κ2) is 7.16. The molecule has 1 amide bonds. The summed E-state index contributed by atoms with van der Waals surface area (Å²) in [5.74, 6) is -0.525. The third kappa shape index (κ3) is 3.93. The van der Waals surface area contributed by atoms with E-state index in [0.717, 1.165) is 5.69 Å². The number of halogens is 1. The Morgan fingerprint density at radius 3 is 2.83 bits per heavy atom. The first-order valence-electron chi connectivity index (χ1n) is 7.45. The molecule has 3 rings (SSSR count). The highest BCUT2D eigenvalue weighted by molar-refractivity contribution is 7.10. The zero-order chi connectivity index (χ0) is 16.2. The molecule has 1 aromatic heterocycles. The van der Waals surface area contributed by atoms with Crippen LogP contribution in [0.1, 0.15) is 17.3 Å². The average molecular weight is 335 g/mol. The van der Waals surface area contributed by atoms with Gasteiger partial charge in [-0.25, -0.2) is 4.39 Å². The Labute approximate surface area is 138 Å². The zero-order valence-corrected chi connectivity index (χ0v) is 13.6. The van der Waals surface area contributed by atoms with Crippen LogP contribution >= 0.6 is 11.5 Å². The molecule has 1 N–H and O–H groups in total. The molecular formula is C16H18FN3O2S. The molecule has 0 unspecified atom stereocenters. The number of aromatic nitrogens is 1. The molecule has 0 spiro atoms. The van der Waals surface area contributed by atoms with E-state index in [1.54, 1.807) is 12.1 Å². The van der Waals surface area contributed by atoms with E-state index in [1.165, 1.54) is 23.7 Å². The maximum Gasteiger partial charge on any atom is 0.246 e. The molecule has 0 aliphatic carbocycles. The predicted molar refractivity (Wildman–Crippen MR) is 87.0 cm³/mol. The summed E-state index contributed by atoms with van der Waals surface area (Å²) in [5, 5.41) is 3.59. The van der Waals surface area contributed by atoms with E-state index < -0.39 is 6.04 Å². The second-order valence-corrected chi connectivity index (χ2v) is 6.23. The Kier molecular flexibility index (Phi) is 5.00. The van der Waals surface area contributed by atoms with Crippen molar-refractivity contribution in [3.8, 4) is 0 Å². The smallest absolute Gasteiger partial charge is 0.246 e. The van der Waals surface area contributed by atoms with Crippen molar-refractivity contribution in [2.75, 3.05) is 31.6 Å². The molecule has 122 valence electrons. The first-order chi connectivity index (χ1) is 11.1. The van der Waals surface area contributed by atoms with Crippen LogP contribution in [-0.4, -0.2) is 41.5 Å². The largest absolute Gasteiger partial charge is 0.379 e. The standard InChI is InChI=1S/C16H18FN3O2S/c1-11-9-14(23-19-11)18-16(21)15(20-5-7-22-8-6-20)12-3-2-4-13(17)10-12/h2-4,9-10,15H,5-8H2,1H3,(H,18,21)/t15-/m1/s1. The zero-order valence-electron chi connectivity index (χ0n) is 12.8. The number of nitrogens with zero attached hydrogens (tertiary/aromatic N) is 2. The summed E-state index contributed by atoms with van der Waals surface area (Å²) in [6, 6.07) is 7.48. The van der Waals surface area contributed by atoms with Crippen LogP contribution in [0, 0.1) is 12.7 Å². The van der Waals surface area contributed by atoms with Gasteiger partial charge in [-0.1, -0.05) is 12.1 Å². The van der Waals surface area contributed by atoms with E-state index >= 15 is 0 Å². The fourth-order valence-corrected chi connectivity index (χ4v) is 3.32. The second-order valence-electron chi connectivity index (χ2n) is 5.43. The van der Waals surface area contributed by atoms with Crippen LogP contribution in [0.4, 0.5) is 9.39 Å². The van der Waals surface area contributed by atoms with Crippen molar-refractivity contribution in [2.24, 2.45) is 0 Å². The SMILES string of the molecule is Cc1cc(NC(=O)[C@@H](c2cccc(F)c2)N2CCOCC2)sn1. The van der Waals surface area contributed by atoms with Gasteiger partial charge in [-0.2, -0.15) is 4.37 Å². The van der Waals surface area contributed by atoms with Gasteiger partial charge in [0.25, 0.3) is 0 Å². The number of aryl methyl sites for hydroxylation is 1. The predicted octanol–water partition coefficient (Wildman–Crippen LogP) is 2.60. The van der Waals surface area contributed by atoms with Crippen LogP contribution in [0.15, 0.2) is 30.3 Å². The van der Waals surface area contributed by atoms with Crippen LogP contribution in [0.2, 0.25) is 0 Å². The lowest BCUT2D eigenvalue weighted by atomic mass is 10.0. The lowest BCUT2D eigenvalue weighted by molar-refractivity contribution is -0.123. The van der Waals surface area contributed by atoms with Crippen LogP contribution in [0.25, 0.3) is 0 Å². The van der Waals surface area contributed by atoms with Gasteiger partial charge in [-0.15, -0.1) is 0 Å². The van der Waals surface area contributed by atoms with Gasteiger partial charge in [0.2, 0.25) is 5.91 Å². The van der Waals surface area contributed by atoms with Gasteiger partial charge in [0.1, 0.15) is 16.9 Å². The summed E-state index contributed by atoms with van der Waals surface area (Å²) in [5.41, 5.74) is 1.50. The van der Waals surface area contributed by atoms with E-state index in [1.807, 2.05) is 17.9 Å². The number of carbonyl (C=O) groups excluding carboxylic acids is 1. The number of rotatable bonds is 4. The van der Waals surface area contributed by atoms with Crippen LogP contribution in [-0.2, 0) is 9.53 Å². The molecule has 5 nitrogen and oxygen atoms in total. The number of amides is 1. The fraction of sp³-hybridized carbons (Fsp3) is 0.375. The van der Waals surface area contributed by atoms with Gasteiger partial charge in [0, 0.05) is 13.1 Å². The molecule has 1 fully saturated rings. The minimum Gasteiger partial charge on any atom is -0.379 e. The summed E-state index contributed by atoms with van der Waals surface area (Å²) in [7, 11) is 0. The Bertz CT molecular complexity index is 685. The van der Waals surface area contributed by atoms with Gasteiger partial charge < -0.3 is 10.1 Å². The Morgan fingerprint density at radius 1 is 1.39 bits per heavy atom. The molecule has 1 aromatic carbocycles. The van der Waals surface area contributed by atoms with Crippen molar-refractivity contribution in [1.82, 2.24) is 9.27 Å². The normalized spacial score (nSPS) is 17.0. The van der Waals surface area contributed by atoms with Crippen molar-refractivity contribution in [3.05, 3.63) is 47.4 Å². The number of carbonyl (C=O) groups is 1. The maximum atomic E-state index is 13.6. The number of morpholine rings is 1. The number of ether oxygens (including phenoxy) is 1. The van der Waals surface area contributed by atoms with Crippen molar-refractivity contribution < 1.29 is 13.9 Å². The molecule has 2 heterocycles. The van der Waals surface area contributed by atoms with Gasteiger partial charge in [-0.3, -0.25) is 9.69 Å². The van der Waals surface area contributed by atoms with Gasteiger partial charge in [0.05, 0.1) is 18.9 Å². The van der Waals surface area contributed by atoms with Crippen molar-refractivity contribution >= 4 is 22.4 Å². The topological polar surface area (TPSA) is 54.5 Å². The third-order valence-corrected chi connectivity index (χ3v) is 4.49. The first kappa shape index (κ1) is 16.0. The number of benzene rings is 1. The minimum atomic E-state index is -0.544. The van der Waals surface area contributed by atoms with E-state index in [4.69, 9.17) is 4.74 Å². The molecule has 1 aliphatic rings. The van der Waals surface area contributed by atoms with Gasteiger partial charge in [-0.05, 0) is 42.2 Å². The Hall–Kier alpha value is -1.83. The molecular weight excluding hydrogens is 317 g/mol. The van der Waals surface area contributed by atoms with Crippen LogP contribution in [0.3, 0.4) is 0 Å². The molecule has 7 heteroatoms. The summed E-state index contributed by atoms with van der Waals surface area (Å²) in [6.07, 6.45) is 0. The van der Waals surface area contributed by atoms with Crippen molar-refractivity contribution in [3.63, 3.8) is 0 Å². The fourth-order valence-electron chi connectivity index (χ4n) is 2.65. The molecule has 0 saturated carbocycles. The molecule has 1 aliphatic heterocycles. The highest BCUT2D eigenvalue weighted by Gasteiger charge is 2.29. The van der Waals surface area contributed by atoms with Crippen molar-refractivity contribution in [2.45, 2.75) is 13.0 Å². The van der Waals surface area contributed by atoms with E-state index in [-0.39, 0.29) is 11.7 Å². The lowest BCUT2D eigenvalue weighted by Gasteiger charge is -2.33. The number of hydrogen-bond acceptors (Lipinski definition) is 5. The van der Waals surface area contributed by atoms with E-state index in [9.17, 15) is 9.18 Å². The highest BCUT2D eigenvalue weighted by atomic mass is 32.1. The lowest BCUT2D eigenvalue weighted by Crippen LogP contribution is -2.43. The van der Waals surface area contributed by atoms with Crippen LogP contribution < -0.4 is 5.32 Å². The molecule has 1 atom stereocenters. The molecule has 0 radical (unpaired) electrons. The van der Waals surface area contributed by atoms with Crippen LogP contribution in [0.5, 0.6) is 0 Å². The monoisotopic (exact) mass is 335 g/mol. The average Bonchev–Trinajstić information content (AvgIpc) is 2.94. The number of hydrogen-bond donors (Lipinski definition) is 1. The minimum absolute atomic E-state index is 0.179. The summed E-state index contributed by atoms with van der Waals surface area (Å²) in [4.78, 5) is 14.8. The Balaban J connectivity index is 1.85. The maximum absolute atomic E-state index is 13.6. The summed E-state index contributed by atoms with van der Waals surface area (Å²) in [6.45, 7) is 4.28. The Morgan fingerprint density at radius 2 is 2.17 bits per heavy atom. The molecule has 0 bridgehead atoms. The first-order valence-corrected chi connectivity index (χ1v) is 8.22. The van der Waals surface area contributed by atoms with E-state index in [0.29, 0.717) is 36.9 Å². The highest BCUT2D eigenvalue weighted by Crippen LogP contribution is 2.25. The third-order valence-electron chi connectivity index (χ3n) is 3.70. The van der Waals surface area contributed by atoms with Gasteiger partial charge >= 0.3 is 0 Å². The molecule has 1 saturated heterocycles. The summed E-state index contributed by atoms with van der Waals surface area (Å²) >= 11 is 1.24. The van der Waals surface area contributed by atoms with E-state index in [2.05, 4.69) is 9.69 Å². The quantitative estimate of drug-likeness (QED) is 0.933. The summed E-state index contributed by atoms with van der Waals surface area (Å²) < 4.78 is 23.1. The molecule has 23 heavy (non-hydrogen) atoms. The van der Waals surface area contributed by atoms with Gasteiger partial charge in [0.15, 0.2) is 0 Å². The number of anilines is 1. The van der Waals surface area contributed by atoms with Crippen molar-refractivity contribution in [1.29, 1.82) is 0 Å². The number of nitrogens with one attached hydrogen (secondary N) is 1.